The molecule has 0 saturated heterocycles. The van der Waals surface area contributed by atoms with Crippen LogP contribution in [0.25, 0.3) is 10.9 Å². The van der Waals surface area contributed by atoms with E-state index in [0.29, 0.717) is 16.2 Å². The van der Waals surface area contributed by atoms with Gasteiger partial charge in [0.2, 0.25) is 0 Å². The summed E-state index contributed by atoms with van der Waals surface area (Å²) in [6.07, 6.45) is 0.876. The maximum absolute atomic E-state index is 9.74. The van der Waals surface area contributed by atoms with Gasteiger partial charge in [0.15, 0.2) is 4.73 Å². The van der Waals surface area contributed by atoms with Crippen LogP contribution in [-0.2, 0) is 6.42 Å². The number of rotatable bonds is 2. The van der Waals surface area contributed by atoms with E-state index in [-0.39, 0.29) is 5.75 Å². The molecule has 0 unspecified atom stereocenters. The van der Waals surface area contributed by atoms with E-state index in [1.165, 1.54) is 0 Å². The van der Waals surface area contributed by atoms with Gasteiger partial charge in [-0.15, -0.1) is 0 Å². The van der Waals surface area contributed by atoms with Crippen molar-refractivity contribution in [2.24, 2.45) is 5.92 Å². The first kappa shape index (κ1) is 11.3. The fourth-order valence-electron chi connectivity index (χ4n) is 1.71. The summed E-state index contributed by atoms with van der Waals surface area (Å²) in [6.45, 7) is 4.29. The molecule has 1 aromatic carbocycles. The lowest BCUT2D eigenvalue weighted by atomic mass is 10.0. The minimum absolute atomic E-state index is 0.200. The number of benzene rings is 1. The number of hydrogen-bond donors (Lipinski definition) is 1. The second-order valence-electron chi connectivity index (χ2n) is 4.21. The van der Waals surface area contributed by atoms with E-state index < -0.39 is 0 Å². The maximum atomic E-state index is 9.74. The number of phenols is 1. The van der Waals surface area contributed by atoms with E-state index in [1.54, 1.807) is 6.07 Å². The molecule has 4 heteroatoms. The summed E-state index contributed by atoms with van der Waals surface area (Å²) < 4.78 is 0.525. The van der Waals surface area contributed by atoms with Gasteiger partial charge in [-0.2, -0.15) is 0 Å². The second-order valence-corrected chi connectivity index (χ2v) is 4.92. The molecule has 2 aromatic rings. The molecule has 1 aromatic heterocycles. The summed E-state index contributed by atoms with van der Waals surface area (Å²) in [5.74, 6) is 0.720. The maximum Gasteiger partial charge on any atom is 0.197 e. The summed E-state index contributed by atoms with van der Waals surface area (Å²) in [7, 11) is 0. The molecule has 0 radical (unpaired) electrons. The molecule has 0 fully saturated rings. The third-order valence-electron chi connectivity index (χ3n) is 2.36. The zero-order valence-corrected chi connectivity index (χ0v) is 10.8. The average molecular weight is 281 g/mol. The number of hydrogen-bond acceptors (Lipinski definition) is 3. The summed E-state index contributed by atoms with van der Waals surface area (Å²) in [6, 6.07) is 5.40. The molecule has 0 spiro atoms. The van der Waals surface area contributed by atoms with Gasteiger partial charge in [-0.25, -0.2) is 9.97 Å². The van der Waals surface area contributed by atoms with Crippen molar-refractivity contribution in [1.82, 2.24) is 9.97 Å². The first-order chi connectivity index (χ1) is 7.58. The summed E-state index contributed by atoms with van der Waals surface area (Å²) in [4.78, 5) is 8.58. The molecular formula is C12H13BrN2O. The molecule has 0 atom stereocenters. The van der Waals surface area contributed by atoms with Crippen molar-refractivity contribution < 1.29 is 5.11 Å². The lowest BCUT2D eigenvalue weighted by Crippen LogP contribution is -2.00. The van der Waals surface area contributed by atoms with Crippen LogP contribution in [0.4, 0.5) is 0 Å². The molecule has 2 rings (SSSR count). The second kappa shape index (κ2) is 4.37. The van der Waals surface area contributed by atoms with Crippen molar-refractivity contribution in [3.63, 3.8) is 0 Å². The first-order valence-corrected chi connectivity index (χ1v) is 6.01. The normalized spacial score (nSPS) is 11.2. The average Bonchev–Trinajstić information content (AvgIpc) is 2.18. The predicted molar refractivity (Wildman–Crippen MR) is 67.4 cm³/mol. The summed E-state index contributed by atoms with van der Waals surface area (Å²) in [5.41, 5.74) is 1.59. The van der Waals surface area contributed by atoms with Crippen molar-refractivity contribution >= 4 is 26.8 Å². The lowest BCUT2D eigenvalue weighted by molar-refractivity contribution is 0.480. The van der Waals surface area contributed by atoms with Crippen molar-refractivity contribution in [2.75, 3.05) is 0 Å². The highest BCUT2D eigenvalue weighted by Gasteiger charge is 2.10. The number of aromatic nitrogens is 2. The van der Waals surface area contributed by atoms with E-state index in [2.05, 4.69) is 39.7 Å². The summed E-state index contributed by atoms with van der Waals surface area (Å²) >= 11 is 3.27. The molecule has 0 aliphatic rings. The Morgan fingerprint density at radius 3 is 2.75 bits per heavy atom. The molecule has 1 heterocycles. The Hall–Kier alpha value is -1.16. The monoisotopic (exact) mass is 280 g/mol. The van der Waals surface area contributed by atoms with E-state index in [9.17, 15) is 5.11 Å². The van der Waals surface area contributed by atoms with Crippen molar-refractivity contribution in [2.45, 2.75) is 20.3 Å². The van der Waals surface area contributed by atoms with Gasteiger partial charge in [0.1, 0.15) is 11.3 Å². The highest BCUT2D eigenvalue weighted by Crippen LogP contribution is 2.26. The predicted octanol–water partition coefficient (Wildman–Crippen LogP) is 3.30. The third-order valence-corrected chi connectivity index (χ3v) is 2.71. The fraction of sp³-hybridized carbons (Fsp3) is 0.333. The van der Waals surface area contributed by atoms with E-state index >= 15 is 0 Å². The third kappa shape index (κ3) is 2.16. The lowest BCUT2D eigenvalue weighted by Gasteiger charge is -2.09. The highest BCUT2D eigenvalue weighted by atomic mass is 79.9. The van der Waals surface area contributed by atoms with Gasteiger partial charge in [-0.1, -0.05) is 26.0 Å². The Morgan fingerprint density at radius 1 is 1.31 bits per heavy atom. The van der Waals surface area contributed by atoms with Crippen molar-refractivity contribution in [1.29, 1.82) is 0 Å². The standard InChI is InChI=1S/C12H13BrN2O/c1-7(2)6-9-8-4-3-5-10(16)11(8)15-12(13)14-9/h3-5,7,16H,6H2,1-2H3. The van der Waals surface area contributed by atoms with Crippen molar-refractivity contribution in [3.8, 4) is 5.75 Å². The number of para-hydroxylation sites is 1. The molecule has 3 nitrogen and oxygen atoms in total. The SMILES string of the molecule is CC(C)Cc1nc(Br)nc2c(O)cccc12. The quantitative estimate of drug-likeness (QED) is 0.859. The Kier molecular flexibility index (Phi) is 3.10. The number of aromatic hydroxyl groups is 1. The zero-order chi connectivity index (χ0) is 11.7. The van der Waals surface area contributed by atoms with Crippen LogP contribution >= 0.6 is 15.9 Å². The Morgan fingerprint density at radius 2 is 2.06 bits per heavy atom. The summed E-state index contributed by atoms with van der Waals surface area (Å²) in [5, 5.41) is 10.7. The number of halogens is 1. The molecule has 0 saturated carbocycles. The van der Waals surface area contributed by atoms with Crippen molar-refractivity contribution in [3.05, 3.63) is 28.6 Å². The van der Waals surface area contributed by atoms with Gasteiger partial charge < -0.3 is 5.11 Å². The van der Waals surface area contributed by atoms with Crippen LogP contribution in [0.1, 0.15) is 19.5 Å². The zero-order valence-electron chi connectivity index (χ0n) is 9.24. The van der Waals surface area contributed by atoms with Crippen LogP contribution in [0.15, 0.2) is 22.9 Å². The molecule has 16 heavy (non-hydrogen) atoms. The van der Waals surface area contributed by atoms with Gasteiger partial charge in [-0.3, -0.25) is 0 Å². The van der Waals surface area contributed by atoms with E-state index in [4.69, 9.17) is 0 Å². The smallest absolute Gasteiger partial charge is 0.197 e. The first-order valence-electron chi connectivity index (χ1n) is 5.22. The molecule has 84 valence electrons. The van der Waals surface area contributed by atoms with E-state index in [1.807, 2.05) is 12.1 Å². The highest BCUT2D eigenvalue weighted by molar-refractivity contribution is 9.10. The Labute approximate surface area is 103 Å². The van der Waals surface area contributed by atoms with Crippen LogP contribution in [0.3, 0.4) is 0 Å². The van der Waals surface area contributed by atoms with Gasteiger partial charge >= 0.3 is 0 Å². The molecule has 0 aliphatic carbocycles. The fourth-order valence-corrected chi connectivity index (χ4v) is 2.10. The minimum atomic E-state index is 0.200. The number of phenolic OH excluding ortho intramolecular Hbond substituents is 1. The van der Waals surface area contributed by atoms with Crippen LogP contribution in [0.5, 0.6) is 5.75 Å². The molecular weight excluding hydrogens is 268 g/mol. The largest absolute Gasteiger partial charge is 0.506 e. The number of fused-ring (bicyclic) bond motifs is 1. The van der Waals surface area contributed by atoms with Crippen LogP contribution in [0.2, 0.25) is 0 Å². The van der Waals surface area contributed by atoms with Gasteiger partial charge in [0, 0.05) is 5.39 Å². The molecule has 0 bridgehead atoms. The molecule has 0 aliphatic heterocycles. The Bertz CT molecular complexity index is 526. The Balaban J connectivity index is 2.68. The topological polar surface area (TPSA) is 46.0 Å². The molecule has 1 N–H and O–H groups in total. The van der Waals surface area contributed by atoms with Crippen LogP contribution in [0, 0.1) is 5.92 Å². The van der Waals surface area contributed by atoms with Crippen LogP contribution < -0.4 is 0 Å². The van der Waals surface area contributed by atoms with E-state index in [0.717, 1.165) is 17.5 Å². The molecule has 0 amide bonds. The van der Waals surface area contributed by atoms with Gasteiger partial charge in [0.05, 0.1) is 5.69 Å². The van der Waals surface area contributed by atoms with Gasteiger partial charge in [-0.05, 0) is 34.3 Å². The minimum Gasteiger partial charge on any atom is -0.506 e. The number of nitrogens with zero attached hydrogens (tertiary/aromatic N) is 2. The van der Waals surface area contributed by atoms with Crippen LogP contribution in [-0.4, -0.2) is 15.1 Å². The van der Waals surface area contributed by atoms with Gasteiger partial charge in [0.25, 0.3) is 0 Å².